The lowest BCUT2D eigenvalue weighted by Crippen LogP contribution is -2.45. The van der Waals surface area contributed by atoms with E-state index in [1.165, 1.54) is 31.2 Å². The molecule has 1 aromatic carbocycles. The Labute approximate surface area is 121 Å². The summed E-state index contributed by atoms with van der Waals surface area (Å²) in [4.78, 5) is 4.43. The van der Waals surface area contributed by atoms with Crippen molar-refractivity contribution in [2.75, 3.05) is 0 Å². The maximum Gasteiger partial charge on any atom is 0.0419 e. The highest BCUT2D eigenvalue weighted by Crippen LogP contribution is 2.43. The Hall–Kier alpha value is -1.67. The Morgan fingerprint density at radius 2 is 1.70 bits per heavy atom. The van der Waals surface area contributed by atoms with Crippen molar-refractivity contribution in [1.82, 2.24) is 4.98 Å². The minimum Gasteiger partial charge on any atom is -0.327 e. The summed E-state index contributed by atoms with van der Waals surface area (Å²) in [6, 6.07) is 17.0. The molecule has 1 fully saturated rings. The summed E-state index contributed by atoms with van der Waals surface area (Å²) in [5, 5.41) is 0. The number of nitrogens with two attached hydrogens (primary N) is 1. The fourth-order valence-corrected chi connectivity index (χ4v) is 3.59. The van der Waals surface area contributed by atoms with Crippen LogP contribution in [0.3, 0.4) is 0 Å². The van der Waals surface area contributed by atoms with Gasteiger partial charge in [-0.1, -0.05) is 49.2 Å². The van der Waals surface area contributed by atoms with Crippen LogP contribution in [0.5, 0.6) is 0 Å². The van der Waals surface area contributed by atoms with Crippen LogP contribution >= 0.6 is 0 Å². The lowest BCUT2D eigenvalue weighted by molar-refractivity contribution is 0.345. The Morgan fingerprint density at radius 3 is 2.35 bits per heavy atom. The van der Waals surface area contributed by atoms with Crippen molar-refractivity contribution >= 4 is 0 Å². The van der Waals surface area contributed by atoms with Crippen LogP contribution in [0.15, 0.2) is 54.7 Å². The number of hydrogen-bond acceptors (Lipinski definition) is 2. The second kappa shape index (κ2) is 5.76. The van der Waals surface area contributed by atoms with Crippen LogP contribution in [-0.4, -0.2) is 11.0 Å². The van der Waals surface area contributed by atoms with E-state index in [4.69, 9.17) is 5.73 Å². The first-order valence-electron chi connectivity index (χ1n) is 7.52. The molecular formula is C18H22N2. The molecule has 0 amide bonds. The molecule has 2 aromatic rings. The Balaban J connectivity index is 1.87. The number of hydrogen-bond donors (Lipinski definition) is 1. The maximum absolute atomic E-state index is 6.64. The largest absolute Gasteiger partial charge is 0.327 e. The molecule has 2 heteroatoms. The summed E-state index contributed by atoms with van der Waals surface area (Å²) >= 11 is 0. The van der Waals surface area contributed by atoms with Crippen LogP contribution < -0.4 is 5.73 Å². The lowest BCUT2D eigenvalue weighted by atomic mass is 9.71. The molecule has 1 saturated carbocycles. The van der Waals surface area contributed by atoms with E-state index >= 15 is 0 Å². The van der Waals surface area contributed by atoms with Gasteiger partial charge in [-0.25, -0.2) is 0 Å². The highest BCUT2D eigenvalue weighted by molar-refractivity contribution is 5.30. The number of nitrogens with zero attached hydrogens (tertiary/aromatic N) is 1. The molecule has 104 valence electrons. The van der Waals surface area contributed by atoms with E-state index in [1.54, 1.807) is 0 Å². The predicted octanol–water partition coefficient (Wildman–Crippen LogP) is 3.46. The summed E-state index contributed by atoms with van der Waals surface area (Å²) in [7, 11) is 0. The smallest absolute Gasteiger partial charge is 0.0419 e. The van der Waals surface area contributed by atoms with Crippen molar-refractivity contribution in [2.45, 2.75) is 43.6 Å². The SMILES string of the molecule is NC(Cc1ccccn1)C1(c2ccccc2)CCCC1. The number of aromatic nitrogens is 1. The van der Waals surface area contributed by atoms with Gasteiger partial charge in [0.25, 0.3) is 0 Å². The molecule has 2 N–H and O–H groups in total. The summed E-state index contributed by atoms with van der Waals surface area (Å²) in [5.41, 5.74) is 9.28. The van der Waals surface area contributed by atoms with Crippen LogP contribution in [0, 0.1) is 0 Å². The highest BCUT2D eigenvalue weighted by Gasteiger charge is 2.40. The molecule has 3 rings (SSSR count). The molecule has 1 aliphatic rings. The van der Waals surface area contributed by atoms with E-state index in [1.807, 2.05) is 18.3 Å². The molecule has 0 bridgehead atoms. The normalized spacial score (nSPS) is 18.9. The average Bonchev–Trinajstić information content (AvgIpc) is 3.00. The third-order valence-corrected chi connectivity index (χ3v) is 4.71. The quantitative estimate of drug-likeness (QED) is 0.920. The molecule has 1 unspecified atom stereocenters. The van der Waals surface area contributed by atoms with Crippen LogP contribution in [0.4, 0.5) is 0 Å². The first-order chi connectivity index (χ1) is 9.81. The molecule has 0 aliphatic heterocycles. The van der Waals surface area contributed by atoms with Crippen molar-refractivity contribution in [3.05, 3.63) is 66.0 Å². The van der Waals surface area contributed by atoms with Crippen molar-refractivity contribution in [3.63, 3.8) is 0 Å². The van der Waals surface area contributed by atoms with Crippen molar-refractivity contribution in [2.24, 2.45) is 5.73 Å². The van der Waals surface area contributed by atoms with Gasteiger partial charge in [0.1, 0.15) is 0 Å². The van der Waals surface area contributed by atoms with Gasteiger partial charge < -0.3 is 5.73 Å². The van der Waals surface area contributed by atoms with E-state index in [-0.39, 0.29) is 11.5 Å². The topological polar surface area (TPSA) is 38.9 Å². The predicted molar refractivity (Wildman–Crippen MR) is 82.5 cm³/mol. The Morgan fingerprint density at radius 1 is 1.00 bits per heavy atom. The van der Waals surface area contributed by atoms with Crippen LogP contribution in [0.1, 0.15) is 36.9 Å². The summed E-state index contributed by atoms with van der Waals surface area (Å²) < 4.78 is 0. The maximum atomic E-state index is 6.64. The second-order valence-electron chi connectivity index (χ2n) is 5.86. The van der Waals surface area contributed by atoms with Crippen LogP contribution in [0.25, 0.3) is 0 Å². The lowest BCUT2D eigenvalue weighted by Gasteiger charge is -2.36. The van der Waals surface area contributed by atoms with E-state index in [9.17, 15) is 0 Å². The molecule has 20 heavy (non-hydrogen) atoms. The summed E-state index contributed by atoms with van der Waals surface area (Å²) in [5.74, 6) is 0. The number of pyridine rings is 1. The van der Waals surface area contributed by atoms with Gasteiger partial charge in [-0.3, -0.25) is 4.98 Å². The van der Waals surface area contributed by atoms with Crippen LogP contribution in [0.2, 0.25) is 0 Å². The van der Waals surface area contributed by atoms with Gasteiger partial charge in [0.05, 0.1) is 0 Å². The highest BCUT2D eigenvalue weighted by atomic mass is 14.7. The molecule has 1 aliphatic carbocycles. The first kappa shape index (κ1) is 13.3. The van der Waals surface area contributed by atoms with E-state index in [0.717, 1.165) is 12.1 Å². The van der Waals surface area contributed by atoms with Gasteiger partial charge in [0.2, 0.25) is 0 Å². The van der Waals surface area contributed by atoms with Gasteiger partial charge in [0.15, 0.2) is 0 Å². The van der Waals surface area contributed by atoms with E-state index in [0.29, 0.717) is 0 Å². The molecule has 0 radical (unpaired) electrons. The minimum atomic E-state index is 0.138. The van der Waals surface area contributed by atoms with Gasteiger partial charge in [-0.05, 0) is 30.5 Å². The Kier molecular flexibility index (Phi) is 3.83. The fourth-order valence-electron chi connectivity index (χ4n) is 3.59. The second-order valence-corrected chi connectivity index (χ2v) is 5.86. The Bertz CT molecular complexity index is 530. The minimum absolute atomic E-state index is 0.138. The summed E-state index contributed by atoms with van der Waals surface area (Å²) in [6.45, 7) is 0. The monoisotopic (exact) mass is 266 g/mol. The number of benzene rings is 1. The molecule has 2 nitrogen and oxygen atoms in total. The zero-order valence-electron chi connectivity index (χ0n) is 11.8. The third-order valence-electron chi connectivity index (χ3n) is 4.71. The van der Waals surface area contributed by atoms with Crippen molar-refractivity contribution in [1.29, 1.82) is 0 Å². The molecule has 1 heterocycles. The van der Waals surface area contributed by atoms with Gasteiger partial charge in [-0.2, -0.15) is 0 Å². The standard InChI is InChI=1S/C18H22N2/c19-17(14-16-10-4-7-13-20-16)18(11-5-6-12-18)15-8-2-1-3-9-15/h1-4,7-10,13,17H,5-6,11-12,14,19H2. The first-order valence-corrected chi connectivity index (χ1v) is 7.52. The number of rotatable bonds is 4. The molecular weight excluding hydrogens is 244 g/mol. The van der Waals surface area contributed by atoms with E-state index < -0.39 is 0 Å². The third kappa shape index (κ3) is 2.48. The summed E-state index contributed by atoms with van der Waals surface area (Å²) in [6.07, 6.45) is 7.67. The van der Waals surface area contributed by atoms with Gasteiger partial charge in [0, 0.05) is 29.8 Å². The molecule has 0 spiro atoms. The zero-order chi connectivity index (χ0) is 13.8. The molecule has 1 aromatic heterocycles. The molecule has 1 atom stereocenters. The zero-order valence-corrected chi connectivity index (χ0v) is 11.8. The van der Waals surface area contributed by atoms with Crippen molar-refractivity contribution in [3.8, 4) is 0 Å². The van der Waals surface area contributed by atoms with Crippen LogP contribution in [-0.2, 0) is 11.8 Å². The van der Waals surface area contributed by atoms with E-state index in [2.05, 4.69) is 41.4 Å². The van der Waals surface area contributed by atoms with Crippen molar-refractivity contribution < 1.29 is 0 Å². The fraction of sp³-hybridized carbons (Fsp3) is 0.389. The molecule has 0 saturated heterocycles. The van der Waals surface area contributed by atoms with Gasteiger partial charge >= 0.3 is 0 Å². The average molecular weight is 266 g/mol. The van der Waals surface area contributed by atoms with Gasteiger partial charge in [-0.15, -0.1) is 0 Å².